The van der Waals surface area contributed by atoms with Crippen molar-refractivity contribution in [2.45, 2.75) is 82.8 Å². The Morgan fingerprint density at radius 2 is 1.92 bits per heavy atom. The fourth-order valence-electron chi connectivity index (χ4n) is 3.25. The van der Waals surface area contributed by atoms with E-state index in [0.29, 0.717) is 13.0 Å². The highest BCUT2D eigenvalue weighted by molar-refractivity contribution is 5.69. The highest BCUT2D eigenvalue weighted by Gasteiger charge is 2.59. The third kappa shape index (κ3) is 3.65. The third-order valence-corrected chi connectivity index (χ3v) is 4.24. The van der Waals surface area contributed by atoms with E-state index in [9.17, 15) is 4.79 Å². The van der Waals surface area contributed by atoms with E-state index < -0.39 is 36.2 Å². The summed E-state index contributed by atoms with van der Waals surface area (Å²) in [6.45, 7) is 11.3. The minimum atomic E-state index is -0.779. The number of esters is 1. The molecule has 3 heterocycles. The molecule has 7 nitrogen and oxygen atoms in total. The van der Waals surface area contributed by atoms with Crippen LogP contribution in [0.15, 0.2) is 12.7 Å². The van der Waals surface area contributed by atoms with Gasteiger partial charge in [-0.15, -0.1) is 6.58 Å². The number of carbonyl (C=O) groups excluding carboxylic acids is 1. The number of ether oxygens (including phenoxy) is 6. The molecule has 0 aliphatic carbocycles. The lowest BCUT2D eigenvalue weighted by molar-refractivity contribution is -0.235. The normalized spacial score (nSPS) is 39.6. The fourth-order valence-corrected chi connectivity index (χ4v) is 3.25. The molecule has 136 valence electrons. The van der Waals surface area contributed by atoms with E-state index in [1.807, 2.05) is 13.8 Å². The lowest BCUT2D eigenvalue weighted by atomic mass is 10.1. The minimum absolute atomic E-state index is 0.266. The summed E-state index contributed by atoms with van der Waals surface area (Å²) >= 11 is 0. The van der Waals surface area contributed by atoms with Crippen LogP contribution in [0.2, 0.25) is 0 Å². The molecule has 24 heavy (non-hydrogen) atoms. The maximum Gasteiger partial charge on any atom is 0.306 e. The molecular weight excluding hydrogens is 316 g/mol. The second kappa shape index (κ2) is 6.38. The number of hydrogen-bond donors (Lipinski definition) is 0. The summed E-state index contributed by atoms with van der Waals surface area (Å²) < 4.78 is 34.8. The maximum atomic E-state index is 12.1. The van der Waals surface area contributed by atoms with Gasteiger partial charge in [0.1, 0.15) is 12.2 Å². The fraction of sp³-hybridized carbons (Fsp3) is 0.824. The van der Waals surface area contributed by atoms with Crippen LogP contribution < -0.4 is 0 Å². The minimum Gasteiger partial charge on any atom is -0.456 e. The Balaban J connectivity index is 1.73. The average Bonchev–Trinajstić information content (AvgIpc) is 3.08. The van der Waals surface area contributed by atoms with Gasteiger partial charge in [0, 0.05) is 6.42 Å². The van der Waals surface area contributed by atoms with Crippen LogP contribution in [-0.4, -0.2) is 54.9 Å². The molecule has 0 N–H and O–H groups in total. The smallest absolute Gasteiger partial charge is 0.306 e. The summed E-state index contributed by atoms with van der Waals surface area (Å²) in [7, 11) is 0. The quantitative estimate of drug-likeness (QED) is 0.558. The summed E-state index contributed by atoms with van der Waals surface area (Å²) in [5.41, 5.74) is 0. The Hall–Kier alpha value is -0.990. The van der Waals surface area contributed by atoms with Crippen LogP contribution in [0.4, 0.5) is 0 Å². The van der Waals surface area contributed by atoms with Crippen LogP contribution in [0.5, 0.6) is 0 Å². The summed E-state index contributed by atoms with van der Waals surface area (Å²) in [5, 5.41) is 0. The molecule has 0 amide bonds. The largest absolute Gasteiger partial charge is 0.456 e. The molecule has 0 saturated carbocycles. The zero-order valence-corrected chi connectivity index (χ0v) is 14.7. The van der Waals surface area contributed by atoms with Gasteiger partial charge >= 0.3 is 5.97 Å². The second-order valence-electron chi connectivity index (χ2n) is 7.22. The number of allylic oxidation sites excluding steroid dienone is 1. The van der Waals surface area contributed by atoms with Crippen molar-refractivity contribution in [2.24, 2.45) is 0 Å². The van der Waals surface area contributed by atoms with Gasteiger partial charge in [-0.3, -0.25) is 4.79 Å². The summed E-state index contributed by atoms with van der Waals surface area (Å²) in [6, 6.07) is 0. The van der Waals surface area contributed by atoms with E-state index in [1.54, 1.807) is 19.9 Å². The zero-order valence-electron chi connectivity index (χ0n) is 14.7. The van der Waals surface area contributed by atoms with Crippen molar-refractivity contribution in [1.29, 1.82) is 0 Å². The number of hydrogen-bond acceptors (Lipinski definition) is 7. The van der Waals surface area contributed by atoms with E-state index in [0.717, 1.165) is 0 Å². The molecule has 3 saturated heterocycles. The molecular formula is C17H26O7. The van der Waals surface area contributed by atoms with Crippen molar-refractivity contribution in [3.8, 4) is 0 Å². The number of fused-ring (bicyclic) bond motifs is 1. The molecule has 0 aromatic rings. The highest BCUT2D eigenvalue weighted by atomic mass is 16.8. The zero-order chi connectivity index (χ0) is 17.5. The Kier molecular flexibility index (Phi) is 4.74. The van der Waals surface area contributed by atoms with Crippen molar-refractivity contribution in [1.82, 2.24) is 0 Å². The van der Waals surface area contributed by atoms with Gasteiger partial charge in [0.25, 0.3) is 0 Å². The van der Waals surface area contributed by atoms with Gasteiger partial charge in [-0.2, -0.15) is 0 Å². The topological polar surface area (TPSA) is 72.5 Å². The first-order valence-corrected chi connectivity index (χ1v) is 8.34. The highest BCUT2D eigenvalue weighted by Crippen LogP contribution is 2.42. The molecule has 0 unspecified atom stereocenters. The van der Waals surface area contributed by atoms with Crippen LogP contribution in [0.25, 0.3) is 0 Å². The molecule has 3 rings (SSSR count). The second-order valence-corrected chi connectivity index (χ2v) is 7.22. The molecule has 3 aliphatic heterocycles. The molecule has 7 heteroatoms. The van der Waals surface area contributed by atoms with Crippen molar-refractivity contribution < 1.29 is 33.2 Å². The van der Waals surface area contributed by atoms with Crippen LogP contribution in [0.3, 0.4) is 0 Å². The lowest BCUT2D eigenvalue weighted by Crippen LogP contribution is -2.45. The van der Waals surface area contributed by atoms with Gasteiger partial charge in [-0.25, -0.2) is 0 Å². The molecule has 0 aromatic heterocycles. The van der Waals surface area contributed by atoms with Crippen molar-refractivity contribution in [2.75, 3.05) is 6.61 Å². The Bertz CT molecular complexity index is 501. The van der Waals surface area contributed by atoms with Crippen LogP contribution in [0, 0.1) is 0 Å². The van der Waals surface area contributed by atoms with E-state index in [4.69, 9.17) is 28.4 Å². The van der Waals surface area contributed by atoms with Gasteiger partial charge in [0.2, 0.25) is 0 Å². The third-order valence-electron chi connectivity index (χ3n) is 4.24. The SMILES string of the molecule is C=CCCC(=O)O[C@H]1[C@H]([C@H]2COC(C)(C)O2)O[C@@H]2OC(C)(C)O[C@@H]21. The predicted octanol–water partition coefficient (Wildman–Crippen LogP) is 1.89. The van der Waals surface area contributed by atoms with Crippen molar-refractivity contribution in [3.05, 3.63) is 12.7 Å². The Morgan fingerprint density at radius 3 is 2.54 bits per heavy atom. The molecule has 0 spiro atoms. The van der Waals surface area contributed by atoms with Crippen LogP contribution in [-0.2, 0) is 33.2 Å². The average molecular weight is 342 g/mol. The summed E-state index contributed by atoms with van der Waals surface area (Å²) in [4.78, 5) is 12.1. The summed E-state index contributed by atoms with van der Waals surface area (Å²) in [5.74, 6) is -1.79. The molecule has 3 fully saturated rings. The molecule has 0 bridgehead atoms. The molecule has 0 aromatic carbocycles. The van der Waals surface area contributed by atoms with Crippen LogP contribution >= 0.6 is 0 Å². The monoisotopic (exact) mass is 342 g/mol. The first kappa shape index (κ1) is 17.8. The van der Waals surface area contributed by atoms with Gasteiger partial charge in [0.05, 0.1) is 6.61 Å². The number of carbonyl (C=O) groups is 1. The van der Waals surface area contributed by atoms with E-state index >= 15 is 0 Å². The maximum absolute atomic E-state index is 12.1. The first-order chi connectivity index (χ1) is 11.2. The van der Waals surface area contributed by atoms with E-state index in [2.05, 4.69) is 6.58 Å². The van der Waals surface area contributed by atoms with Gasteiger partial charge < -0.3 is 28.4 Å². The summed E-state index contributed by atoms with van der Waals surface area (Å²) in [6.07, 6.45) is -0.00676. The first-order valence-electron chi connectivity index (χ1n) is 8.34. The van der Waals surface area contributed by atoms with E-state index in [1.165, 1.54) is 0 Å². The number of rotatable bonds is 5. The standard InChI is InChI=1S/C17H26O7/c1-6-7-8-11(18)20-13-12(10-9-19-16(2,3)22-10)21-15-14(13)23-17(4,5)24-15/h6,10,12-15H,1,7-9H2,2-5H3/t10-,12+,13+,14-,15-/m1/s1. The molecule has 0 radical (unpaired) electrons. The van der Waals surface area contributed by atoms with Gasteiger partial charge in [-0.1, -0.05) is 6.08 Å². The van der Waals surface area contributed by atoms with Gasteiger partial charge in [-0.05, 0) is 34.1 Å². The molecule has 3 aliphatic rings. The Labute approximate surface area is 142 Å². The van der Waals surface area contributed by atoms with E-state index in [-0.39, 0.29) is 18.5 Å². The van der Waals surface area contributed by atoms with Crippen LogP contribution in [0.1, 0.15) is 40.5 Å². The van der Waals surface area contributed by atoms with Gasteiger partial charge in [0.15, 0.2) is 30.1 Å². The molecule has 5 atom stereocenters. The predicted molar refractivity (Wildman–Crippen MR) is 82.9 cm³/mol. The lowest BCUT2D eigenvalue weighted by Gasteiger charge is -2.28. The Morgan fingerprint density at radius 1 is 1.17 bits per heavy atom. The van der Waals surface area contributed by atoms with Crippen molar-refractivity contribution >= 4 is 5.97 Å². The van der Waals surface area contributed by atoms with Crippen molar-refractivity contribution in [3.63, 3.8) is 0 Å².